The van der Waals surface area contributed by atoms with Crippen LogP contribution in [-0.4, -0.2) is 32.8 Å². The first-order valence-corrected chi connectivity index (χ1v) is 7.34. The average Bonchev–Trinajstić information content (AvgIpc) is 2.95. The summed E-state index contributed by atoms with van der Waals surface area (Å²) in [4.78, 5) is 23.4. The molecule has 0 unspecified atom stereocenters. The van der Waals surface area contributed by atoms with Crippen molar-refractivity contribution < 1.29 is 14.7 Å². The maximum Gasteiger partial charge on any atom is 0.306 e. The summed E-state index contributed by atoms with van der Waals surface area (Å²) in [6.07, 6.45) is 1.90. The van der Waals surface area contributed by atoms with E-state index in [2.05, 4.69) is 10.4 Å². The van der Waals surface area contributed by atoms with Crippen molar-refractivity contribution in [2.45, 2.75) is 52.0 Å². The predicted molar refractivity (Wildman–Crippen MR) is 78.0 cm³/mol. The van der Waals surface area contributed by atoms with Gasteiger partial charge < -0.3 is 10.4 Å². The van der Waals surface area contributed by atoms with Crippen molar-refractivity contribution in [1.29, 1.82) is 0 Å². The monoisotopic (exact) mass is 293 g/mol. The van der Waals surface area contributed by atoms with Gasteiger partial charge in [-0.2, -0.15) is 5.10 Å². The van der Waals surface area contributed by atoms with Crippen LogP contribution >= 0.6 is 0 Å². The molecule has 0 saturated heterocycles. The van der Waals surface area contributed by atoms with Gasteiger partial charge in [-0.15, -0.1) is 0 Å². The fourth-order valence-corrected chi connectivity index (χ4v) is 3.21. The summed E-state index contributed by atoms with van der Waals surface area (Å²) in [5, 5.41) is 16.3. The number of nitrogens with one attached hydrogen (secondary N) is 1. The summed E-state index contributed by atoms with van der Waals surface area (Å²) in [5.74, 6) is -1.42. The molecule has 116 valence electrons. The van der Waals surface area contributed by atoms with Crippen molar-refractivity contribution in [1.82, 2.24) is 15.1 Å². The maximum atomic E-state index is 12.4. The van der Waals surface area contributed by atoms with E-state index < -0.39 is 5.97 Å². The van der Waals surface area contributed by atoms with E-state index in [1.165, 1.54) is 0 Å². The first-order chi connectivity index (χ1) is 9.81. The molecule has 1 heterocycles. The molecule has 3 atom stereocenters. The normalized spacial score (nSPS) is 23.0. The first-order valence-electron chi connectivity index (χ1n) is 7.34. The highest BCUT2D eigenvalue weighted by atomic mass is 16.4. The van der Waals surface area contributed by atoms with Crippen LogP contribution in [0, 0.1) is 19.8 Å². The quantitative estimate of drug-likeness (QED) is 0.881. The van der Waals surface area contributed by atoms with Crippen LogP contribution in [0.15, 0.2) is 0 Å². The minimum atomic E-state index is -0.765. The third kappa shape index (κ3) is 3.09. The van der Waals surface area contributed by atoms with E-state index in [1.54, 1.807) is 4.68 Å². The Labute approximate surface area is 124 Å². The Morgan fingerprint density at radius 2 is 2.05 bits per heavy atom. The van der Waals surface area contributed by atoms with E-state index in [-0.39, 0.29) is 23.8 Å². The number of hydrogen-bond acceptors (Lipinski definition) is 3. The fraction of sp³-hybridized carbons (Fsp3) is 0.667. The minimum Gasteiger partial charge on any atom is -0.481 e. The van der Waals surface area contributed by atoms with Gasteiger partial charge in [-0.25, -0.2) is 0 Å². The third-order valence-electron chi connectivity index (χ3n) is 4.52. The topological polar surface area (TPSA) is 84.2 Å². The second kappa shape index (κ2) is 5.87. The van der Waals surface area contributed by atoms with Gasteiger partial charge in [-0.05, 0) is 40.0 Å². The number of nitrogens with zero attached hydrogens (tertiary/aromatic N) is 2. The van der Waals surface area contributed by atoms with E-state index >= 15 is 0 Å². The van der Waals surface area contributed by atoms with Crippen molar-refractivity contribution in [3.05, 3.63) is 17.0 Å². The molecule has 2 rings (SSSR count). The number of carbonyl (C=O) groups is 2. The molecule has 1 amide bonds. The summed E-state index contributed by atoms with van der Waals surface area (Å²) < 4.78 is 1.78. The Kier molecular flexibility index (Phi) is 4.34. The molecule has 0 spiro atoms. The predicted octanol–water partition coefficient (Wildman–Crippen LogP) is 1.51. The molecule has 0 aliphatic heterocycles. The van der Waals surface area contributed by atoms with Gasteiger partial charge in [-0.1, -0.05) is 0 Å². The van der Waals surface area contributed by atoms with Crippen LogP contribution in [0.25, 0.3) is 0 Å². The van der Waals surface area contributed by atoms with Crippen molar-refractivity contribution >= 4 is 11.9 Å². The summed E-state index contributed by atoms with van der Waals surface area (Å²) in [6, 6.07) is -0.0293. The van der Waals surface area contributed by atoms with Crippen LogP contribution in [0.4, 0.5) is 0 Å². The standard InChI is InChI=1S/C15H23N3O3/c1-8(13-9(2)17-18(4)10(13)3)14(19)16-12-6-5-11(7-12)15(20)21/h8,11-12H,5-7H2,1-4H3,(H,16,19)(H,20,21)/t8-,11+,12-/m0/s1. The van der Waals surface area contributed by atoms with E-state index in [0.717, 1.165) is 23.4 Å². The number of rotatable bonds is 4. The van der Waals surface area contributed by atoms with Gasteiger partial charge in [-0.3, -0.25) is 14.3 Å². The Bertz CT molecular complexity index is 565. The summed E-state index contributed by atoms with van der Waals surface area (Å²) in [7, 11) is 1.87. The number of hydrogen-bond donors (Lipinski definition) is 2. The van der Waals surface area contributed by atoms with Gasteiger partial charge in [0.15, 0.2) is 0 Å². The molecule has 1 aliphatic rings. The number of aryl methyl sites for hydroxylation is 2. The van der Waals surface area contributed by atoms with Crippen LogP contribution in [0.1, 0.15) is 49.1 Å². The van der Waals surface area contributed by atoms with Gasteiger partial charge in [0.05, 0.1) is 17.5 Å². The van der Waals surface area contributed by atoms with Crippen molar-refractivity contribution in [2.24, 2.45) is 13.0 Å². The zero-order valence-corrected chi connectivity index (χ0v) is 13.0. The Hall–Kier alpha value is -1.85. The van der Waals surface area contributed by atoms with Crippen LogP contribution < -0.4 is 5.32 Å². The minimum absolute atomic E-state index is 0.0293. The van der Waals surface area contributed by atoms with Gasteiger partial charge in [0.25, 0.3) is 0 Å². The third-order valence-corrected chi connectivity index (χ3v) is 4.52. The Balaban J connectivity index is 2.02. The summed E-state index contributed by atoms with van der Waals surface area (Å²) in [5.41, 5.74) is 2.82. The average molecular weight is 293 g/mol. The van der Waals surface area contributed by atoms with Gasteiger partial charge in [0.1, 0.15) is 0 Å². The molecule has 1 aromatic heterocycles. The first kappa shape index (κ1) is 15.5. The van der Waals surface area contributed by atoms with E-state index in [9.17, 15) is 9.59 Å². The maximum absolute atomic E-state index is 12.4. The zero-order chi connectivity index (χ0) is 15.7. The molecule has 1 aromatic rings. The van der Waals surface area contributed by atoms with Gasteiger partial charge >= 0.3 is 5.97 Å². The molecule has 6 heteroatoms. The molecule has 21 heavy (non-hydrogen) atoms. The number of carboxylic acids is 1. The molecule has 6 nitrogen and oxygen atoms in total. The number of amides is 1. The molecule has 0 radical (unpaired) electrons. The van der Waals surface area contributed by atoms with E-state index in [1.807, 2.05) is 27.8 Å². The molecule has 0 aromatic carbocycles. The van der Waals surface area contributed by atoms with Crippen molar-refractivity contribution in [2.75, 3.05) is 0 Å². The highest BCUT2D eigenvalue weighted by Gasteiger charge is 2.32. The van der Waals surface area contributed by atoms with E-state index in [0.29, 0.717) is 12.8 Å². The lowest BCUT2D eigenvalue weighted by atomic mass is 9.97. The highest BCUT2D eigenvalue weighted by Crippen LogP contribution is 2.27. The van der Waals surface area contributed by atoms with Crippen molar-refractivity contribution in [3.63, 3.8) is 0 Å². The lowest BCUT2D eigenvalue weighted by molar-refractivity contribution is -0.141. The SMILES string of the molecule is Cc1nn(C)c(C)c1[C@H](C)C(=O)N[C@H]1CC[C@@H](C(=O)O)C1. The van der Waals surface area contributed by atoms with Gasteiger partial charge in [0, 0.05) is 24.3 Å². The molecule has 1 saturated carbocycles. The summed E-state index contributed by atoms with van der Waals surface area (Å²) in [6.45, 7) is 5.73. The van der Waals surface area contributed by atoms with Crippen LogP contribution in [0.3, 0.4) is 0 Å². The largest absolute Gasteiger partial charge is 0.481 e. The van der Waals surface area contributed by atoms with Crippen LogP contribution in [0.2, 0.25) is 0 Å². The Morgan fingerprint density at radius 1 is 1.38 bits per heavy atom. The highest BCUT2D eigenvalue weighted by molar-refractivity contribution is 5.84. The van der Waals surface area contributed by atoms with Crippen LogP contribution in [0.5, 0.6) is 0 Å². The fourth-order valence-electron chi connectivity index (χ4n) is 3.21. The number of aliphatic carboxylic acids is 1. The summed E-state index contributed by atoms with van der Waals surface area (Å²) >= 11 is 0. The van der Waals surface area contributed by atoms with Gasteiger partial charge in [0.2, 0.25) is 5.91 Å². The lowest BCUT2D eigenvalue weighted by Crippen LogP contribution is -2.36. The molecule has 2 N–H and O–H groups in total. The van der Waals surface area contributed by atoms with Crippen LogP contribution in [-0.2, 0) is 16.6 Å². The molecular weight excluding hydrogens is 270 g/mol. The molecular formula is C15H23N3O3. The molecule has 1 fully saturated rings. The smallest absolute Gasteiger partial charge is 0.306 e. The number of carboxylic acid groups (broad SMARTS) is 1. The second-order valence-corrected chi connectivity index (χ2v) is 5.98. The zero-order valence-electron chi connectivity index (χ0n) is 13.0. The number of carbonyl (C=O) groups excluding carboxylic acids is 1. The number of aromatic nitrogens is 2. The van der Waals surface area contributed by atoms with E-state index in [4.69, 9.17) is 5.11 Å². The van der Waals surface area contributed by atoms with Crippen molar-refractivity contribution in [3.8, 4) is 0 Å². The second-order valence-electron chi connectivity index (χ2n) is 5.98. The molecule has 0 bridgehead atoms. The molecule has 1 aliphatic carbocycles. The Morgan fingerprint density at radius 3 is 2.52 bits per heavy atom. The lowest BCUT2D eigenvalue weighted by Gasteiger charge is -2.17.